The molecule has 2 N–H and O–H groups in total. The minimum atomic E-state index is -4.23. The van der Waals surface area contributed by atoms with Crippen molar-refractivity contribution in [2.24, 2.45) is 5.92 Å². The number of sulfonamides is 1. The van der Waals surface area contributed by atoms with Gasteiger partial charge in [0, 0.05) is 0 Å². The van der Waals surface area contributed by atoms with Crippen LogP contribution in [-0.2, 0) is 14.8 Å². The molecule has 0 amide bonds. The zero-order valence-electron chi connectivity index (χ0n) is 11.7. The molecule has 2 unspecified atom stereocenters. The summed E-state index contributed by atoms with van der Waals surface area (Å²) in [4.78, 5) is 11.1. The topological polar surface area (TPSA) is 83.5 Å². The summed E-state index contributed by atoms with van der Waals surface area (Å²) in [6, 6.07) is 4.94. The van der Waals surface area contributed by atoms with E-state index in [0.29, 0.717) is 12.8 Å². The van der Waals surface area contributed by atoms with E-state index < -0.39 is 32.2 Å². The van der Waals surface area contributed by atoms with Crippen LogP contribution >= 0.6 is 0 Å². The second-order valence-corrected chi connectivity index (χ2v) is 7.11. The summed E-state index contributed by atoms with van der Waals surface area (Å²) in [7, 11) is -4.23. The van der Waals surface area contributed by atoms with Gasteiger partial charge in [-0.2, -0.15) is 4.72 Å². The van der Waals surface area contributed by atoms with Gasteiger partial charge in [-0.3, -0.25) is 4.79 Å². The van der Waals surface area contributed by atoms with Gasteiger partial charge in [0.05, 0.1) is 0 Å². The molecule has 2 atom stereocenters. The maximum Gasteiger partial charge on any atom is 0.325 e. The first-order valence-electron chi connectivity index (χ1n) is 6.81. The van der Waals surface area contributed by atoms with Gasteiger partial charge >= 0.3 is 5.97 Å². The predicted molar refractivity (Wildman–Crippen MR) is 74.7 cm³/mol. The fourth-order valence-electron chi connectivity index (χ4n) is 2.82. The molecule has 116 valence electrons. The molecule has 0 aromatic heterocycles. The highest BCUT2D eigenvalue weighted by Crippen LogP contribution is 2.35. The third-order valence-electron chi connectivity index (χ3n) is 4.12. The number of hydrogen-bond acceptors (Lipinski definition) is 3. The standard InChI is InChI=1S/C14H18FNO4S/c1-10-6-4-5-9-14(10,13(17)18)16-21(19,20)12-8-3-2-7-11(12)15/h2-3,7-8,10,16H,4-6,9H2,1H3,(H,17,18). The third kappa shape index (κ3) is 2.94. The molecule has 1 fully saturated rings. The SMILES string of the molecule is CC1CCCCC1(NS(=O)(=O)c1ccccc1F)C(=O)O. The Morgan fingerprint density at radius 3 is 2.62 bits per heavy atom. The van der Waals surface area contributed by atoms with Gasteiger partial charge in [0.2, 0.25) is 10.0 Å². The van der Waals surface area contributed by atoms with E-state index in [-0.39, 0.29) is 12.3 Å². The Morgan fingerprint density at radius 1 is 1.38 bits per heavy atom. The van der Waals surface area contributed by atoms with E-state index in [1.54, 1.807) is 6.92 Å². The van der Waals surface area contributed by atoms with Gasteiger partial charge in [0.15, 0.2) is 0 Å². The highest BCUT2D eigenvalue weighted by atomic mass is 32.2. The molecule has 7 heteroatoms. The van der Waals surface area contributed by atoms with Crippen molar-refractivity contribution in [3.05, 3.63) is 30.1 Å². The lowest BCUT2D eigenvalue weighted by atomic mass is 9.74. The van der Waals surface area contributed by atoms with Crippen molar-refractivity contribution in [2.45, 2.75) is 43.0 Å². The molecule has 0 heterocycles. The van der Waals surface area contributed by atoms with E-state index in [1.165, 1.54) is 12.1 Å². The summed E-state index contributed by atoms with van der Waals surface area (Å²) >= 11 is 0. The van der Waals surface area contributed by atoms with Crippen molar-refractivity contribution in [3.8, 4) is 0 Å². The number of aliphatic carboxylic acids is 1. The maximum atomic E-state index is 13.7. The number of carbonyl (C=O) groups is 1. The van der Waals surface area contributed by atoms with Gasteiger partial charge in [-0.25, -0.2) is 12.8 Å². The van der Waals surface area contributed by atoms with Gasteiger partial charge < -0.3 is 5.11 Å². The van der Waals surface area contributed by atoms with Gasteiger partial charge in [-0.05, 0) is 30.9 Å². The Balaban J connectivity index is 2.42. The van der Waals surface area contributed by atoms with Crippen LogP contribution in [0.4, 0.5) is 4.39 Å². The fourth-order valence-corrected chi connectivity index (χ4v) is 4.38. The molecule has 21 heavy (non-hydrogen) atoms. The van der Waals surface area contributed by atoms with Crippen LogP contribution in [0.25, 0.3) is 0 Å². The van der Waals surface area contributed by atoms with Gasteiger partial charge in [-0.1, -0.05) is 31.9 Å². The van der Waals surface area contributed by atoms with Crippen molar-refractivity contribution in [1.29, 1.82) is 0 Å². The average Bonchev–Trinajstić information content (AvgIpc) is 2.41. The van der Waals surface area contributed by atoms with E-state index in [1.807, 2.05) is 0 Å². The Labute approximate surface area is 123 Å². The minimum absolute atomic E-state index is 0.206. The Hall–Kier alpha value is -1.47. The largest absolute Gasteiger partial charge is 0.480 e. The molecule has 0 radical (unpaired) electrons. The first-order chi connectivity index (χ1) is 9.79. The highest BCUT2D eigenvalue weighted by molar-refractivity contribution is 7.89. The number of hydrogen-bond donors (Lipinski definition) is 2. The van der Waals surface area contributed by atoms with Crippen LogP contribution in [-0.4, -0.2) is 25.0 Å². The van der Waals surface area contributed by atoms with E-state index in [4.69, 9.17) is 0 Å². The van der Waals surface area contributed by atoms with Crippen LogP contribution in [0.2, 0.25) is 0 Å². The summed E-state index contributed by atoms with van der Waals surface area (Å²) in [5, 5.41) is 9.52. The van der Waals surface area contributed by atoms with Crippen LogP contribution < -0.4 is 4.72 Å². The molecule has 1 aromatic carbocycles. The second-order valence-electron chi connectivity index (χ2n) is 5.46. The average molecular weight is 315 g/mol. The van der Waals surface area contributed by atoms with Crippen LogP contribution in [0, 0.1) is 11.7 Å². The predicted octanol–water partition coefficient (Wildman–Crippen LogP) is 2.14. The molecule has 2 rings (SSSR count). The summed E-state index contributed by atoms with van der Waals surface area (Å²) in [6.45, 7) is 1.71. The molecule has 1 aliphatic rings. The zero-order valence-corrected chi connectivity index (χ0v) is 12.5. The van der Waals surface area contributed by atoms with Crippen LogP contribution in [0.5, 0.6) is 0 Å². The van der Waals surface area contributed by atoms with Crippen molar-refractivity contribution in [3.63, 3.8) is 0 Å². The lowest BCUT2D eigenvalue weighted by molar-refractivity contribution is -0.147. The van der Waals surface area contributed by atoms with E-state index in [9.17, 15) is 22.7 Å². The highest BCUT2D eigenvalue weighted by Gasteiger charge is 2.48. The number of nitrogens with one attached hydrogen (secondary N) is 1. The first kappa shape index (κ1) is 15.9. The fraction of sp³-hybridized carbons (Fsp3) is 0.500. The lowest BCUT2D eigenvalue weighted by Crippen LogP contribution is -2.59. The summed E-state index contributed by atoms with van der Waals surface area (Å²) in [5.41, 5.74) is -1.57. The number of rotatable bonds is 4. The van der Waals surface area contributed by atoms with E-state index in [2.05, 4.69) is 4.72 Å². The maximum absolute atomic E-state index is 13.7. The molecule has 0 bridgehead atoms. The number of carboxylic acid groups (broad SMARTS) is 1. The van der Waals surface area contributed by atoms with Crippen LogP contribution in [0.3, 0.4) is 0 Å². The van der Waals surface area contributed by atoms with Crippen molar-refractivity contribution < 1.29 is 22.7 Å². The summed E-state index contributed by atoms with van der Waals surface area (Å²) in [6.07, 6.45) is 2.30. The van der Waals surface area contributed by atoms with E-state index >= 15 is 0 Å². The number of halogens is 1. The van der Waals surface area contributed by atoms with Gasteiger partial charge in [0.25, 0.3) is 0 Å². The molecule has 1 saturated carbocycles. The molecular formula is C14H18FNO4S. The molecular weight excluding hydrogens is 297 g/mol. The summed E-state index contributed by atoms with van der Waals surface area (Å²) < 4.78 is 40.7. The van der Waals surface area contributed by atoms with E-state index in [0.717, 1.165) is 18.6 Å². The normalized spacial score (nSPS) is 26.5. The smallest absolute Gasteiger partial charge is 0.325 e. The summed E-state index contributed by atoms with van der Waals surface area (Å²) in [5.74, 6) is -2.46. The number of carboxylic acids is 1. The second kappa shape index (κ2) is 5.73. The van der Waals surface area contributed by atoms with Gasteiger partial charge in [-0.15, -0.1) is 0 Å². The molecule has 1 aromatic rings. The van der Waals surface area contributed by atoms with Crippen molar-refractivity contribution >= 4 is 16.0 Å². The molecule has 0 saturated heterocycles. The molecule has 0 aliphatic heterocycles. The minimum Gasteiger partial charge on any atom is -0.480 e. The van der Waals surface area contributed by atoms with Crippen LogP contribution in [0.1, 0.15) is 32.6 Å². The molecule has 5 nitrogen and oxygen atoms in total. The van der Waals surface area contributed by atoms with Crippen molar-refractivity contribution in [2.75, 3.05) is 0 Å². The molecule has 0 spiro atoms. The lowest BCUT2D eigenvalue weighted by Gasteiger charge is -2.39. The Bertz CT molecular complexity index is 646. The van der Waals surface area contributed by atoms with Gasteiger partial charge in [0.1, 0.15) is 16.3 Å². The Morgan fingerprint density at radius 2 is 2.05 bits per heavy atom. The Kier molecular flexibility index (Phi) is 4.34. The number of benzene rings is 1. The monoisotopic (exact) mass is 315 g/mol. The quantitative estimate of drug-likeness (QED) is 0.891. The van der Waals surface area contributed by atoms with Crippen LogP contribution in [0.15, 0.2) is 29.2 Å². The molecule has 1 aliphatic carbocycles. The first-order valence-corrected chi connectivity index (χ1v) is 8.30. The van der Waals surface area contributed by atoms with Crippen molar-refractivity contribution in [1.82, 2.24) is 4.72 Å². The third-order valence-corrected chi connectivity index (χ3v) is 5.67. The zero-order chi connectivity index (χ0) is 15.7.